The minimum absolute atomic E-state index is 0.0752. The molecule has 0 atom stereocenters. The number of para-hydroxylation sites is 1. The van der Waals surface area contributed by atoms with Crippen LogP contribution in [-0.2, 0) is 13.0 Å². The van der Waals surface area contributed by atoms with Gasteiger partial charge in [-0.15, -0.1) is 0 Å². The van der Waals surface area contributed by atoms with Crippen LogP contribution in [0.1, 0.15) is 37.5 Å². The van der Waals surface area contributed by atoms with Crippen molar-refractivity contribution in [1.29, 1.82) is 0 Å². The average Bonchev–Trinajstić information content (AvgIpc) is 3.41. The molecule has 2 amide bonds. The predicted molar refractivity (Wildman–Crippen MR) is 134 cm³/mol. The number of hydrogen-bond acceptors (Lipinski definition) is 3. The minimum Gasteiger partial charge on any atom is -0.322 e. The van der Waals surface area contributed by atoms with E-state index in [2.05, 4.69) is 10.4 Å². The van der Waals surface area contributed by atoms with Crippen LogP contribution in [-0.4, -0.2) is 28.1 Å². The summed E-state index contributed by atoms with van der Waals surface area (Å²) in [5.41, 5.74) is 4.74. The molecule has 0 bridgehead atoms. The Hall–Kier alpha value is -3.97. The van der Waals surface area contributed by atoms with Gasteiger partial charge in [-0.25, -0.2) is 9.07 Å². The highest BCUT2D eigenvalue weighted by atomic mass is 35.5. The van der Waals surface area contributed by atoms with Crippen LogP contribution in [0.3, 0.4) is 0 Å². The molecule has 0 fully saturated rings. The zero-order chi connectivity index (χ0) is 24.5. The molecule has 1 N–H and O–H groups in total. The first-order chi connectivity index (χ1) is 16.9. The number of carbonyl (C=O) groups is 2. The second-order valence-electron chi connectivity index (χ2n) is 8.40. The molecule has 176 valence electrons. The summed E-state index contributed by atoms with van der Waals surface area (Å²) >= 11 is 6.47. The molecule has 1 aliphatic heterocycles. The van der Waals surface area contributed by atoms with Crippen LogP contribution in [0.2, 0.25) is 5.15 Å². The third-order valence-electron chi connectivity index (χ3n) is 6.06. The Labute approximate surface area is 206 Å². The lowest BCUT2D eigenvalue weighted by Gasteiger charge is -2.17. The van der Waals surface area contributed by atoms with E-state index in [4.69, 9.17) is 11.6 Å². The number of benzene rings is 3. The molecule has 1 aromatic heterocycles. The number of halogens is 2. The predicted octanol–water partition coefficient (Wildman–Crippen LogP) is 5.49. The van der Waals surface area contributed by atoms with Crippen LogP contribution < -0.4 is 10.2 Å². The standard InChI is InChI=1S/C27H22ClFN4O2/c1-17-24(25(28)33(31-17)16-18-6-10-21(29)11-7-18)26(34)30-22-12-8-20(9-13-22)27(35)32-15-14-19-4-2-3-5-23(19)32/h2-13H,14-16H2,1H3,(H,30,34). The number of anilines is 2. The van der Waals surface area contributed by atoms with Gasteiger partial charge in [-0.05, 0) is 66.9 Å². The fourth-order valence-corrected chi connectivity index (χ4v) is 4.59. The number of nitrogens with zero attached hydrogens (tertiary/aromatic N) is 3. The number of fused-ring (bicyclic) bond motifs is 1. The molecular weight excluding hydrogens is 467 g/mol. The van der Waals surface area contributed by atoms with Crippen molar-refractivity contribution in [3.63, 3.8) is 0 Å². The Kier molecular flexibility index (Phi) is 6.09. The first kappa shape index (κ1) is 22.8. The molecule has 0 aliphatic carbocycles. The molecular formula is C27H22ClFN4O2. The van der Waals surface area contributed by atoms with E-state index in [0.717, 1.165) is 23.2 Å². The maximum absolute atomic E-state index is 13.2. The van der Waals surface area contributed by atoms with E-state index in [9.17, 15) is 14.0 Å². The molecule has 8 heteroatoms. The number of carbonyl (C=O) groups excluding carboxylic acids is 2. The molecule has 35 heavy (non-hydrogen) atoms. The van der Waals surface area contributed by atoms with Crippen molar-refractivity contribution in [3.8, 4) is 0 Å². The van der Waals surface area contributed by atoms with Crippen molar-refractivity contribution in [1.82, 2.24) is 9.78 Å². The third kappa shape index (κ3) is 4.55. The Balaban J connectivity index is 1.29. The van der Waals surface area contributed by atoms with Gasteiger partial charge in [0, 0.05) is 23.5 Å². The number of amides is 2. The fraction of sp³-hybridized carbons (Fsp3) is 0.148. The van der Waals surface area contributed by atoms with Crippen LogP contribution in [0.15, 0.2) is 72.8 Å². The first-order valence-electron chi connectivity index (χ1n) is 11.2. The van der Waals surface area contributed by atoms with Gasteiger partial charge in [0.05, 0.1) is 17.8 Å². The van der Waals surface area contributed by atoms with Gasteiger partial charge in [0.15, 0.2) is 0 Å². The van der Waals surface area contributed by atoms with Gasteiger partial charge in [0.2, 0.25) is 0 Å². The van der Waals surface area contributed by atoms with E-state index in [1.807, 2.05) is 24.3 Å². The Bertz CT molecular complexity index is 1410. The highest BCUT2D eigenvalue weighted by molar-refractivity contribution is 6.33. The zero-order valence-corrected chi connectivity index (χ0v) is 19.7. The molecule has 4 aromatic rings. The van der Waals surface area contributed by atoms with Crippen molar-refractivity contribution in [2.45, 2.75) is 19.9 Å². The van der Waals surface area contributed by atoms with Gasteiger partial charge in [-0.2, -0.15) is 5.10 Å². The van der Waals surface area contributed by atoms with Crippen LogP contribution in [0.5, 0.6) is 0 Å². The average molecular weight is 489 g/mol. The maximum atomic E-state index is 13.2. The van der Waals surface area contributed by atoms with Crippen LogP contribution in [0, 0.1) is 12.7 Å². The minimum atomic E-state index is -0.398. The Morgan fingerprint density at radius 2 is 1.74 bits per heavy atom. The largest absolute Gasteiger partial charge is 0.322 e. The molecule has 2 heterocycles. The number of rotatable bonds is 5. The lowest BCUT2D eigenvalue weighted by atomic mass is 10.1. The van der Waals surface area contributed by atoms with E-state index in [1.54, 1.807) is 48.2 Å². The lowest BCUT2D eigenvalue weighted by Crippen LogP contribution is -2.28. The molecule has 0 radical (unpaired) electrons. The lowest BCUT2D eigenvalue weighted by molar-refractivity contribution is 0.0988. The van der Waals surface area contributed by atoms with Gasteiger partial charge < -0.3 is 10.2 Å². The summed E-state index contributed by atoms with van der Waals surface area (Å²) in [4.78, 5) is 27.8. The molecule has 0 spiro atoms. The van der Waals surface area contributed by atoms with Gasteiger partial charge in [0.25, 0.3) is 11.8 Å². The number of nitrogens with one attached hydrogen (secondary N) is 1. The van der Waals surface area contributed by atoms with Crippen molar-refractivity contribution in [2.75, 3.05) is 16.8 Å². The van der Waals surface area contributed by atoms with Crippen molar-refractivity contribution in [3.05, 3.63) is 112 Å². The summed E-state index contributed by atoms with van der Waals surface area (Å²) in [5.74, 6) is -0.797. The van der Waals surface area contributed by atoms with E-state index in [1.165, 1.54) is 16.8 Å². The van der Waals surface area contributed by atoms with Gasteiger partial charge in [-0.3, -0.25) is 9.59 Å². The second-order valence-corrected chi connectivity index (χ2v) is 8.76. The van der Waals surface area contributed by atoms with E-state index in [0.29, 0.717) is 30.0 Å². The maximum Gasteiger partial charge on any atom is 0.260 e. The summed E-state index contributed by atoms with van der Waals surface area (Å²) in [7, 11) is 0. The summed E-state index contributed by atoms with van der Waals surface area (Å²) in [5, 5.41) is 7.39. The second kappa shape index (κ2) is 9.35. The van der Waals surface area contributed by atoms with Crippen molar-refractivity contribution >= 4 is 34.8 Å². The fourth-order valence-electron chi connectivity index (χ4n) is 4.27. The SMILES string of the molecule is Cc1nn(Cc2ccc(F)cc2)c(Cl)c1C(=O)Nc1ccc(C(=O)N2CCc3ccccc32)cc1. The smallest absolute Gasteiger partial charge is 0.260 e. The number of hydrogen-bond donors (Lipinski definition) is 1. The molecule has 0 saturated carbocycles. The van der Waals surface area contributed by atoms with Gasteiger partial charge >= 0.3 is 0 Å². The topological polar surface area (TPSA) is 67.2 Å². The van der Waals surface area contributed by atoms with Crippen molar-refractivity contribution in [2.24, 2.45) is 0 Å². The Morgan fingerprint density at radius 1 is 1.03 bits per heavy atom. The molecule has 6 nitrogen and oxygen atoms in total. The normalized spacial score (nSPS) is 12.5. The van der Waals surface area contributed by atoms with Crippen LogP contribution in [0.4, 0.5) is 15.8 Å². The zero-order valence-electron chi connectivity index (χ0n) is 19.0. The van der Waals surface area contributed by atoms with E-state index < -0.39 is 5.91 Å². The van der Waals surface area contributed by atoms with Crippen molar-refractivity contribution < 1.29 is 14.0 Å². The summed E-state index contributed by atoms with van der Waals surface area (Å²) in [6, 6.07) is 20.7. The highest BCUT2D eigenvalue weighted by Crippen LogP contribution is 2.29. The van der Waals surface area contributed by atoms with E-state index in [-0.39, 0.29) is 22.4 Å². The highest BCUT2D eigenvalue weighted by Gasteiger charge is 2.25. The first-order valence-corrected chi connectivity index (χ1v) is 11.6. The number of aromatic nitrogens is 2. The molecule has 3 aromatic carbocycles. The van der Waals surface area contributed by atoms with Crippen LogP contribution >= 0.6 is 11.6 Å². The molecule has 5 rings (SSSR count). The molecule has 1 aliphatic rings. The third-order valence-corrected chi connectivity index (χ3v) is 6.44. The summed E-state index contributed by atoms with van der Waals surface area (Å²) in [6.45, 7) is 2.66. The summed E-state index contributed by atoms with van der Waals surface area (Å²) in [6.07, 6.45) is 0.838. The van der Waals surface area contributed by atoms with Gasteiger partial charge in [-0.1, -0.05) is 41.9 Å². The van der Waals surface area contributed by atoms with E-state index >= 15 is 0 Å². The summed E-state index contributed by atoms with van der Waals surface area (Å²) < 4.78 is 14.7. The number of aryl methyl sites for hydroxylation is 1. The molecule has 0 unspecified atom stereocenters. The quantitative estimate of drug-likeness (QED) is 0.404. The van der Waals surface area contributed by atoms with Crippen LogP contribution in [0.25, 0.3) is 0 Å². The monoisotopic (exact) mass is 488 g/mol. The Morgan fingerprint density at radius 3 is 2.49 bits per heavy atom. The van der Waals surface area contributed by atoms with Gasteiger partial charge in [0.1, 0.15) is 11.0 Å². The molecule has 0 saturated heterocycles.